The number of carbonyl (C=O) groups is 1. The molecule has 0 aliphatic rings. The first kappa shape index (κ1) is 68.7. The van der Waals surface area contributed by atoms with Crippen LogP contribution in [0.5, 0.6) is 0 Å². The molecule has 8 nitrogen and oxygen atoms in total. The molecule has 0 aromatic heterocycles. The highest BCUT2D eigenvalue weighted by Gasteiger charge is 2.20. The average molecular weight is 1010 g/mol. The van der Waals surface area contributed by atoms with E-state index >= 15 is 0 Å². The van der Waals surface area contributed by atoms with E-state index in [1.54, 1.807) is 0 Å². The van der Waals surface area contributed by atoms with Crippen molar-refractivity contribution < 1.29 is 37.3 Å². The summed E-state index contributed by atoms with van der Waals surface area (Å²) < 4.78 is 34.9. The van der Waals surface area contributed by atoms with Gasteiger partial charge in [0.05, 0.1) is 34.4 Å². The number of ether oxygens (including phenoxy) is 2. The number of esters is 1. The lowest BCUT2D eigenvalue weighted by molar-refractivity contribution is -0.870. The van der Waals surface area contributed by atoms with Crippen molar-refractivity contribution in [3.05, 3.63) is 36.5 Å². The minimum Gasteiger partial charge on any atom is -0.756 e. The highest BCUT2D eigenvalue weighted by Crippen LogP contribution is 2.38. The van der Waals surface area contributed by atoms with E-state index in [1.807, 2.05) is 21.1 Å². The summed E-state index contributed by atoms with van der Waals surface area (Å²) in [4.78, 5) is 25.3. The number of carbonyl (C=O) groups excluding carboxylic acids is 1. The van der Waals surface area contributed by atoms with Gasteiger partial charge in [0.2, 0.25) is 0 Å². The smallest absolute Gasteiger partial charge is 0.306 e. The summed E-state index contributed by atoms with van der Waals surface area (Å²) in [5, 5.41) is 0. The molecule has 0 aliphatic carbocycles. The lowest BCUT2D eigenvalue weighted by Crippen LogP contribution is -2.37. The third-order valence-corrected chi connectivity index (χ3v) is 14.4. The Morgan fingerprint density at radius 2 is 0.786 bits per heavy atom. The molecule has 0 saturated carbocycles. The Morgan fingerprint density at radius 1 is 0.443 bits per heavy atom. The number of hydrogen-bond donors (Lipinski definition) is 0. The molecule has 414 valence electrons. The number of quaternary nitrogens is 1. The van der Waals surface area contributed by atoms with Gasteiger partial charge < -0.3 is 27.9 Å². The molecule has 0 saturated heterocycles. The zero-order valence-corrected chi connectivity index (χ0v) is 48.1. The van der Waals surface area contributed by atoms with Crippen LogP contribution in [0, 0.1) is 0 Å². The van der Waals surface area contributed by atoms with Gasteiger partial charge in [0.15, 0.2) is 0 Å². The summed E-state index contributed by atoms with van der Waals surface area (Å²) in [5.74, 6) is -0.332. The van der Waals surface area contributed by atoms with Crippen LogP contribution in [0.3, 0.4) is 0 Å². The molecule has 0 radical (unpaired) electrons. The fourth-order valence-corrected chi connectivity index (χ4v) is 9.52. The molecule has 0 N–H and O–H groups in total. The van der Waals surface area contributed by atoms with Crippen LogP contribution in [-0.2, 0) is 27.9 Å². The molecule has 0 bridgehead atoms. The molecule has 9 heteroatoms. The van der Waals surface area contributed by atoms with Crippen molar-refractivity contribution in [3.63, 3.8) is 0 Å². The molecule has 0 heterocycles. The van der Waals surface area contributed by atoms with Gasteiger partial charge in [0.1, 0.15) is 19.3 Å². The maximum Gasteiger partial charge on any atom is 0.306 e. The number of allylic oxidation sites excluding steroid dienone is 6. The number of hydrogen-bond acceptors (Lipinski definition) is 7. The Hall–Kier alpha value is -1.28. The Balaban J connectivity index is 4.04. The van der Waals surface area contributed by atoms with Gasteiger partial charge in [-0.15, -0.1) is 0 Å². The summed E-state index contributed by atoms with van der Waals surface area (Å²) in [6.07, 6.45) is 67.6. The average Bonchev–Trinajstić information content (AvgIpc) is 3.32. The second-order valence-electron chi connectivity index (χ2n) is 21.7. The molecule has 2 unspecified atom stereocenters. The molecule has 0 fully saturated rings. The maximum atomic E-state index is 12.8. The first-order valence-electron chi connectivity index (χ1n) is 30.2. The van der Waals surface area contributed by atoms with Crippen LogP contribution in [-0.4, -0.2) is 70.7 Å². The quantitative estimate of drug-likeness (QED) is 0.0197. The Bertz CT molecular complexity index is 1220. The number of phosphoric acid groups is 1. The maximum absolute atomic E-state index is 12.8. The SMILES string of the molecule is CCCCCCC/C=C\C/C=C\C/C=C\CCCCCCCCCCCCC(=O)OC(COCCCCCCCCCCCCCCCCCCCCCCCCC)COP(=O)([O-])OCC[N+](C)(C)C. The van der Waals surface area contributed by atoms with E-state index in [4.69, 9.17) is 18.5 Å². The van der Waals surface area contributed by atoms with Crippen molar-refractivity contribution in [3.8, 4) is 0 Å². The van der Waals surface area contributed by atoms with E-state index in [0.717, 1.165) is 44.9 Å². The van der Waals surface area contributed by atoms with Crippen molar-refractivity contribution in [1.29, 1.82) is 0 Å². The van der Waals surface area contributed by atoms with E-state index in [1.165, 1.54) is 225 Å². The molecule has 70 heavy (non-hydrogen) atoms. The fraction of sp³-hybridized carbons (Fsp3) is 0.885. The number of rotatable bonds is 57. The van der Waals surface area contributed by atoms with E-state index in [0.29, 0.717) is 24.1 Å². The normalized spacial score (nSPS) is 13.6. The van der Waals surface area contributed by atoms with Crippen molar-refractivity contribution in [2.75, 3.05) is 54.1 Å². The van der Waals surface area contributed by atoms with Gasteiger partial charge in [0, 0.05) is 13.0 Å². The number of unbranched alkanes of at least 4 members (excludes halogenated alkanes) is 37. The largest absolute Gasteiger partial charge is 0.756 e. The first-order chi connectivity index (χ1) is 34.1. The predicted octanol–water partition coefficient (Wildman–Crippen LogP) is 18.6. The molecule has 2 atom stereocenters. The van der Waals surface area contributed by atoms with Crippen LogP contribution < -0.4 is 4.89 Å². The third kappa shape index (κ3) is 57.6. The molecule has 0 amide bonds. The summed E-state index contributed by atoms with van der Waals surface area (Å²) in [7, 11) is 1.37. The van der Waals surface area contributed by atoms with Gasteiger partial charge in [-0.25, -0.2) is 0 Å². The zero-order chi connectivity index (χ0) is 51.2. The molecule has 0 aromatic rings. The van der Waals surface area contributed by atoms with Crippen LogP contribution in [0.15, 0.2) is 36.5 Å². The van der Waals surface area contributed by atoms with E-state index in [9.17, 15) is 14.3 Å². The van der Waals surface area contributed by atoms with Gasteiger partial charge in [0.25, 0.3) is 7.82 Å². The highest BCUT2D eigenvalue weighted by molar-refractivity contribution is 7.45. The number of nitrogens with zero attached hydrogens (tertiary/aromatic N) is 1. The van der Waals surface area contributed by atoms with Gasteiger partial charge in [-0.2, -0.15) is 0 Å². The summed E-state index contributed by atoms with van der Waals surface area (Å²) in [6, 6.07) is 0. The van der Waals surface area contributed by atoms with Crippen molar-refractivity contribution in [1.82, 2.24) is 0 Å². The highest BCUT2D eigenvalue weighted by atomic mass is 31.2. The summed E-state index contributed by atoms with van der Waals surface area (Å²) in [5.41, 5.74) is 0. The number of phosphoric ester groups is 1. The van der Waals surface area contributed by atoms with Crippen molar-refractivity contribution >= 4 is 13.8 Å². The number of likely N-dealkylation sites (N-methyl/N-ethyl adjacent to an activating group) is 1. The second kappa shape index (κ2) is 54.0. The first-order valence-corrected chi connectivity index (χ1v) is 31.7. The van der Waals surface area contributed by atoms with Crippen LogP contribution in [0.1, 0.15) is 290 Å². The lowest BCUT2D eigenvalue weighted by atomic mass is 10.0. The summed E-state index contributed by atoms with van der Waals surface area (Å²) in [6.45, 7) is 5.46. The van der Waals surface area contributed by atoms with Crippen LogP contribution in [0.4, 0.5) is 0 Å². The van der Waals surface area contributed by atoms with Gasteiger partial charge >= 0.3 is 5.97 Å². The second-order valence-corrected chi connectivity index (χ2v) is 23.1. The standard InChI is InChI=1S/C61H118NO7P/c1-6-8-10-12-14-16-18-20-22-24-26-28-30-31-32-34-36-38-40-42-44-46-48-50-52-54-61(63)69-60(59-68-70(64,65)67-57-55-62(3,4)5)58-66-56-53-51-49-47-45-43-41-39-37-35-33-29-27-25-23-21-19-17-15-13-11-9-7-2/h18,20,24,26,30-31,60H,6-17,19,21-23,25,27-29,32-59H2,1-5H3/b20-18-,26-24-,31-30-. The Labute approximate surface area is 435 Å². The third-order valence-electron chi connectivity index (χ3n) is 13.4. The van der Waals surface area contributed by atoms with Crippen LogP contribution >= 0.6 is 7.82 Å². The monoisotopic (exact) mass is 1010 g/mol. The van der Waals surface area contributed by atoms with Crippen molar-refractivity contribution in [2.45, 2.75) is 296 Å². The predicted molar refractivity (Wildman–Crippen MR) is 300 cm³/mol. The lowest BCUT2D eigenvalue weighted by Gasteiger charge is -2.28. The topological polar surface area (TPSA) is 94.1 Å². The minimum absolute atomic E-state index is 0.0269. The van der Waals surface area contributed by atoms with Crippen LogP contribution in [0.2, 0.25) is 0 Å². The van der Waals surface area contributed by atoms with E-state index < -0.39 is 13.9 Å². The van der Waals surface area contributed by atoms with E-state index in [-0.39, 0.29) is 25.8 Å². The fourth-order valence-electron chi connectivity index (χ4n) is 8.79. The van der Waals surface area contributed by atoms with Gasteiger partial charge in [-0.1, -0.05) is 269 Å². The Kier molecular flexibility index (Phi) is 53.0. The Morgan fingerprint density at radius 3 is 1.17 bits per heavy atom. The molecule has 0 spiro atoms. The zero-order valence-electron chi connectivity index (χ0n) is 47.2. The van der Waals surface area contributed by atoms with Crippen LogP contribution in [0.25, 0.3) is 0 Å². The minimum atomic E-state index is -4.54. The van der Waals surface area contributed by atoms with E-state index in [2.05, 4.69) is 50.3 Å². The molecular formula is C61H118NO7P. The molecular weight excluding hydrogens is 890 g/mol. The summed E-state index contributed by atoms with van der Waals surface area (Å²) >= 11 is 0. The molecule has 0 aliphatic heterocycles. The van der Waals surface area contributed by atoms with Crippen molar-refractivity contribution in [2.24, 2.45) is 0 Å². The van der Waals surface area contributed by atoms with Gasteiger partial charge in [-0.3, -0.25) is 9.36 Å². The molecule has 0 aromatic carbocycles. The van der Waals surface area contributed by atoms with Gasteiger partial charge in [-0.05, 0) is 51.4 Å². The molecule has 0 rings (SSSR count).